The molecule has 29 heavy (non-hydrogen) atoms. The molecule has 9 heteroatoms. The number of methoxy groups -OCH3 is 1. The van der Waals surface area contributed by atoms with Gasteiger partial charge in [0.15, 0.2) is 0 Å². The number of rotatable bonds is 7. The van der Waals surface area contributed by atoms with Crippen molar-refractivity contribution in [2.75, 3.05) is 50.6 Å². The van der Waals surface area contributed by atoms with Crippen LogP contribution >= 0.6 is 0 Å². The zero-order valence-corrected chi connectivity index (χ0v) is 17.3. The standard InChI is InChI=1S/C20H25N3O5S/c1-15-7-8-16(29(25,26)23-9-11-28-12-10-23)13-18(15)22-20(24)14-21-17-5-3-4-6-19(17)27-2/h3-8,13,21H,9-12,14H2,1-2H3,(H,22,24). The van der Waals surface area contributed by atoms with E-state index in [4.69, 9.17) is 9.47 Å². The van der Waals surface area contributed by atoms with E-state index in [2.05, 4.69) is 10.6 Å². The van der Waals surface area contributed by atoms with Gasteiger partial charge in [-0.15, -0.1) is 0 Å². The second-order valence-electron chi connectivity index (χ2n) is 6.60. The summed E-state index contributed by atoms with van der Waals surface area (Å²) in [6, 6.07) is 12.0. The summed E-state index contributed by atoms with van der Waals surface area (Å²) in [6.07, 6.45) is 0. The number of anilines is 2. The Balaban J connectivity index is 1.70. The number of sulfonamides is 1. The third kappa shape index (κ3) is 5.06. The molecule has 0 unspecified atom stereocenters. The number of aryl methyl sites for hydroxylation is 1. The minimum Gasteiger partial charge on any atom is -0.495 e. The lowest BCUT2D eigenvalue weighted by atomic mass is 10.2. The molecule has 0 bridgehead atoms. The van der Waals surface area contributed by atoms with Crippen molar-refractivity contribution in [3.05, 3.63) is 48.0 Å². The zero-order valence-electron chi connectivity index (χ0n) is 16.5. The lowest BCUT2D eigenvalue weighted by Crippen LogP contribution is -2.40. The van der Waals surface area contributed by atoms with Crippen molar-refractivity contribution >= 4 is 27.3 Å². The van der Waals surface area contributed by atoms with E-state index in [0.717, 1.165) is 5.56 Å². The van der Waals surface area contributed by atoms with E-state index in [9.17, 15) is 13.2 Å². The van der Waals surface area contributed by atoms with Gasteiger partial charge in [-0.25, -0.2) is 8.42 Å². The van der Waals surface area contributed by atoms with Gasteiger partial charge in [0.05, 0.1) is 37.5 Å². The molecule has 3 rings (SSSR count). The Morgan fingerprint density at radius 1 is 1.14 bits per heavy atom. The third-order valence-electron chi connectivity index (χ3n) is 4.64. The highest BCUT2D eigenvalue weighted by molar-refractivity contribution is 7.89. The van der Waals surface area contributed by atoms with Crippen LogP contribution in [-0.2, 0) is 19.6 Å². The fourth-order valence-corrected chi connectivity index (χ4v) is 4.43. The first-order chi connectivity index (χ1) is 13.9. The first-order valence-electron chi connectivity index (χ1n) is 9.27. The summed E-state index contributed by atoms with van der Waals surface area (Å²) >= 11 is 0. The summed E-state index contributed by atoms with van der Waals surface area (Å²) in [5.74, 6) is 0.343. The van der Waals surface area contributed by atoms with Crippen LogP contribution in [0.3, 0.4) is 0 Å². The molecule has 1 saturated heterocycles. The van der Waals surface area contributed by atoms with Crippen LogP contribution in [0.2, 0.25) is 0 Å². The second kappa shape index (κ2) is 9.25. The summed E-state index contributed by atoms with van der Waals surface area (Å²) in [5, 5.41) is 5.81. The number of ether oxygens (including phenoxy) is 2. The number of amides is 1. The highest BCUT2D eigenvalue weighted by Crippen LogP contribution is 2.25. The molecule has 1 amide bonds. The molecular formula is C20H25N3O5S. The van der Waals surface area contributed by atoms with E-state index >= 15 is 0 Å². The average Bonchev–Trinajstić information content (AvgIpc) is 2.74. The number of morpholine rings is 1. The molecule has 2 N–H and O–H groups in total. The van der Waals surface area contributed by atoms with Gasteiger partial charge in [0.2, 0.25) is 15.9 Å². The predicted octanol–water partition coefficient (Wildman–Crippen LogP) is 2.08. The number of hydrogen-bond acceptors (Lipinski definition) is 6. The molecule has 1 aliphatic rings. The highest BCUT2D eigenvalue weighted by Gasteiger charge is 2.26. The molecule has 0 atom stereocenters. The minimum atomic E-state index is -3.63. The van der Waals surface area contributed by atoms with Gasteiger partial charge in [-0.1, -0.05) is 18.2 Å². The van der Waals surface area contributed by atoms with Gasteiger partial charge in [-0.05, 0) is 36.8 Å². The van der Waals surface area contributed by atoms with Crippen LogP contribution in [0.15, 0.2) is 47.4 Å². The van der Waals surface area contributed by atoms with Crippen molar-refractivity contribution in [1.82, 2.24) is 4.31 Å². The lowest BCUT2D eigenvalue weighted by Gasteiger charge is -2.26. The molecule has 0 radical (unpaired) electrons. The van der Waals surface area contributed by atoms with E-state index in [0.29, 0.717) is 43.4 Å². The highest BCUT2D eigenvalue weighted by atomic mass is 32.2. The topological polar surface area (TPSA) is 97.0 Å². The Kier molecular flexibility index (Phi) is 6.73. The van der Waals surface area contributed by atoms with Crippen LogP contribution in [0.25, 0.3) is 0 Å². The zero-order chi connectivity index (χ0) is 20.9. The summed E-state index contributed by atoms with van der Waals surface area (Å²) in [6.45, 7) is 3.22. The lowest BCUT2D eigenvalue weighted by molar-refractivity contribution is -0.114. The summed E-state index contributed by atoms with van der Waals surface area (Å²) < 4.78 is 37.6. The van der Waals surface area contributed by atoms with Crippen LogP contribution in [0.1, 0.15) is 5.56 Å². The fraction of sp³-hybridized carbons (Fsp3) is 0.350. The number of hydrogen-bond donors (Lipinski definition) is 2. The van der Waals surface area contributed by atoms with Gasteiger partial charge in [-0.3, -0.25) is 4.79 Å². The largest absolute Gasteiger partial charge is 0.495 e. The number of para-hydroxylation sites is 2. The van der Waals surface area contributed by atoms with Crippen molar-refractivity contribution in [3.63, 3.8) is 0 Å². The van der Waals surface area contributed by atoms with Crippen molar-refractivity contribution in [1.29, 1.82) is 0 Å². The quantitative estimate of drug-likeness (QED) is 0.713. The van der Waals surface area contributed by atoms with Gasteiger partial charge in [-0.2, -0.15) is 4.31 Å². The maximum Gasteiger partial charge on any atom is 0.243 e. The van der Waals surface area contributed by atoms with Gasteiger partial charge in [0.25, 0.3) is 0 Å². The maximum absolute atomic E-state index is 12.8. The monoisotopic (exact) mass is 419 g/mol. The number of carbonyl (C=O) groups is 1. The first kappa shape index (κ1) is 21.1. The van der Waals surface area contributed by atoms with E-state index in [1.165, 1.54) is 10.4 Å². The Bertz CT molecular complexity index is 972. The van der Waals surface area contributed by atoms with Crippen LogP contribution in [0, 0.1) is 6.92 Å². The molecular weight excluding hydrogens is 394 g/mol. The summed E-state index contributed by atoms with van der Waals surface area (Å²) in [5.41, 5.74) is 1.94. The molecule has 1 heterocycles. The summed E-state index contributed by atoms with van der Waals surface area (Å²) in [7, 11) is -2.07. The fourth-order valence-electron chi connectivity index (χ4n) is 2.99. The van der Waals surface area contributed by atoms with Crippen molar-refractivity contribution in [2.24, 2.45) is 0 Å². The number of nitrogens with zero attached hydrogens (tertiary/aromatic N) is 1. The van der Waals surface area contributed by atoms with Gasteiger partial charge >= 0.3 is 0 Å². The number of benzene rings is 2. The molecule has 2 aromatic rings. The van der Waals surface area contributed by atoms with Crippen molar-refractivity contribution in [2.45, 2.75) is 11.8 Å². The third-order valence-corrected chi connectivity index (χ3v) is 6.53. The summed E-state index contributed by atoms with van der Waals surface area (Å²) in [4.78, 5) is 12.6. The number of carbonyl (C=O) groups excluding carboxylic acids is 1. The Morgan fingerprint density at radius 3 is 2.59 bits per heavy atom. The molecule has 0 spiro atoms. The molecule has 2 aromatic carbocycles. The normalized spacial score (nSPS) is 15.0. The predicted molar refractivity (Wildman–Crippen MR) is 111 cm³/mol. The van der Waals surface area contributed by atoms with Gasteiger partial charge in [0.1, 0.15) is 5.75 Å². The molecule has 0 aliphatic carbocycles. The SMILES string of the molecule is COc1ccccc1NCC(=O)Nc1cc(S(=O)(=O)N2CCOCC2)ccc1C. The Hall–Kier alpha value is -2.62. The number of nitrogens with one attached hydrogen (secondary N) is 2. The van der Waals surface area contributed by atoms with E-state index in [1.54, 1.807) is 25.3 Å². The molecule has 0 saturated carbocycles. The Morgan fingerprint density at radius 2 is 1.86 bits per heavy atom. The molecule has 1 aliphatic heterocycles. The van der Waals surface area contributed by atoms with Gasteiger partial charge in [0, 0.05) is 18.8 Å². The molecule has 0 aromatic heterocycles. The van der Waals surface area contributed by atoms with E-state index in [1.807, 2.05) is 25.1 Å². The molecule has 1 fully saturated rings. The van der Waals surface area contributed by atoms with Crippen LogP contribution in [0.4, 0.5) is 11.4 Å². The van der Waals surface area contributed by atoms with E-state index < -0.39 is 10.0 Å². The van der Waals surface area contributed by atoms with Crippen molar-refractivity contribution < 1.29 is 22.7 Å². The maximum atomic E-state index is 12.8. The average molecular weight is 420 g/mol. The Labute approximate surface area is 170 Å². The molecule has 8 nitrogen and oxygen atoms in total. The van der Waals surface area contributed by atoms with Crippen LogP contribution < -0.4 is 15.4 Å². The minimum absolute atomic E-state index is 0.0141. The van der Waals surface area contributed by atoms with Crippen LogP contribution in [-0.4, -0.2) is 58.6 Å². The smallest absolute Gasteiger partial charge is 0.243 e. The second-order valence-corrected chi connectivity index (χ2v) is 8.53. The van der Waals surface area contributed by atoms with Crippen molar-refractivity contribution in [3.8, 4) is 5.75 Å². The van der Waals surface area contributed by atoms with Gasteiger partial charge < -0.3 is 20.1 Å². The van der Waals surface area contributed by atoms with Crippen LogP contribution in [0.5, 0.6) is 5.75 Å². The molecule has 156 valence electrons. The first-order valence-corrected chi connectivity index (χ1v) is 10.7. The van der Waals surface area contributed by atoms with E-state index in [-0.39, 0.29) is 17.3 Å².